The summed E-state index contributed by atoms with van der Waals surface area (Å²) in [4.78, 5) is 16.6. The zero-order chi connectivity index (χ0) is 16.1. The van der Waals surface area contributed by atoms with Crippen LogP contribution < -0.4 is 10.6 Å². The predicted octanol–water partition coefficient (Wildman–Crippen LogP) is 1.67. The Morgan fingerprint density at radius 1 is 1.39 bits per heavy atom. The van der Waals surface area contributed by atoms with Crippen LogP contribution in [-0.4, -0.2) is 41.8 Å². The Hall–Kier alpha value is -1.47. The third-order valence-corrected chi connectivity index (χ3v) is 4.61. The van der Waals surface area contributed by atoms with Crippen molar-refractivity contribution < 1.29 is 14.1 Å². The van der Waals surface area contributed by atoms with Crippen LogP contribution in [-0.2, 0) is 9.53 Å². The second-order valence-corrected chi connectivity index (χ2v) is 6.55. The van der Waals surface area contributed by atoms with Crippen LogP contribution in [0, 0.1) is 0 Å². The van der Waals surface area contributed by atoms with E-state index < -0.39 is 0 Å². The summed E-state index contributed by atoms with van der Waals surface area (Å²) >= 11 is 0. The van der Waals surface area contributed by atoms with Crippen molar-refractivity contribution in [1.29, 1.82) is 0 Å². The monoisotopic (exact) mass is 322 g/mol. The van der Waals surface area contributed by atoms with Crippen LogP contribution in [0.3, 0.4) is 0 Å². The van der Waals surface area contributed by atoms with Crippen molar-refractivity contribution in [1.82, 2.24) is 20.8 Å². The third-order valence-electron chi connectivity index (χ3n) is 4.61. The normalized spacial score (nSPS) is 24.3. The van der Waals surface area contributed by atoms with Crippen molar-refractivity contribution in [2.75, 3.05) is 19.8 Å². The van der Waals surface area contributed by atoms with E-state index in [1.54, 1.807) is 0 Å². The third kappa shape index (κ3) is 4.51. The SMILES string of the molecule is CC(NC(=O)CC1COCCN1)c1nc(C2CCCCC2)no1. The predicted molar refractivity (Wildman–Crippen MR) is 83.9 cm³/mol. The summed E-state index contributed by atoms with van der Waals surface area (Å²) in [6.45, 7) is 3.96. The number of nitrogens with one attached hydrogen (secondary N) is 2. The van der Waals surface area contributed by atoms with Gasteiger partial charge in [-0.2, -0.15) is 4.98 Å². The van der Waals surface area contributed by atoms with Crippen LogP contribution in [0.5, 0.6) is 0 Å². The lowest BCUT2D eigenvalue weighted by molar-refractivity contribution is -0.123. The van der Waals surface area contributed by atoms with Gasteiger partial charge in [-0.3, -0.25) is 4.79 Å². The Balaban J connectivity index is 1.50. The van der Waals surface area contributed by atoms with E-state index >= 15 is 0 Å². The second-order valence-electron chi connectivity index (χ2n) is 6.55. The first-order chi connectivity index (χ1) is 11.2. The molecule has 1 amide bonds. The molecule has 0 radical (unpaired) electrons. The number of morpholine rings is 1. The van der Waals surface area contributed by atoms with E-state index in [2.05, 4.69) is 20.8 Å². The average Bonchev–Trinajstić information content (AvgIpc) is 3.06. The van der Waals surface area contributed by atoms with Crippen molar-refractivity contribution in [3.05, 3.63) is 11.7 Å². The van der Waals surface area contributed by atoms with E-state index in [-0.39, 0.29) is 18.0 Å². The zero-order valence-corrected chi connectivity index (χ0v) is 13.7. The minimum Gasteiger partial charge on any atom is -0.378 e. The van der Waals surface area contributed by atoms with Crippen LogP contribution in [0.15, 0.2) is 4.52 Å². The highest BCUT2D eigenvalue weighted by Crippen LogP contribution is 2.31. The van der Waals surface area contributed by atoms with Crippen LogP contribution in [0.2, 0.25) is 0 Å². The van der Waals surface area contributed by atoms with Crippen LogP contribution in [0.4, 0.5) is 0 Å². The number of ether oxygens (including phenoxy) is 1. The number of hydrogen-bond donors (Lipinski definition) is 2. The van der Waals surface area contributed by atoms with Crippen molar-refractivity contribution in [3.63, 3.8) is 0 Å². The fraction of sp³-hybridized carbons (Fsp3) is 0.812. The molecule has 1 saturated carbocycles. The molecule has 3 rings (SSSR count). The molecule has 1 aromatic heterocycles. The number of nitrogens with zero attached hydrogens (tertiary/aromatic N) is 2. The zero-order valence-electron chi connectivity index (χ0n) is 13.7. The lowest BCUT2D eigenvalue weighted by atomic mass is 9.89. The second kappa shape index (κ2) is 7.88. The fourth-order valence-electron chi connectivity index (χ4n) is 3.29. The van der Waals surface area contributed by atoms with Crippen LogP contribution >= 0.6 is 0 Å². The fourth-order valence-corrected chi connectivity index (χ4v) is 3.29. The molecule has 0 aromatic carbocycles. The summed E-state index contributed by atoms with van der Waals surface area (Å²) in [6, 6.07) is -0.187. The molecule has 2 unspecified atom stereocenters. The largest absolute Gasteiger partial charge is 0.378 e. The summed E-state index contributed by atoms with van der Waals surface area (Å²) < 4.78 is 10.7. The Kier molecular flexibility index (Phi) is 5.61. The van der Waals surface area contributed by atoms with Crippen molar-refractivity contribution >= 4 is 5.91 Å². The molecule has 2 atom stereocenters. The molecule has 0 spiro atoms. The van der Waals surface area contributed by atoms with Gasteiger partial charge in [0.25, 0.3) is 0 Å². The number of carbonyl (C=O) groups is 1. The highest BCUT2D eigenvalue weighted by molar-refractivity contribution is 5.76. The van der Waals surface area contributed by atoms with Gasteiger partial charge in [0.15, 0.2) is 5.82 Å². The first kappa shape index (κ1) is 16.4. The summed E-state index contributed by atoms with van der Waals surface area (Å²) in [5.74, 6) is 1.67. The molecule has 128 valence electrons. The van der Waals surface area contributed by atoms with Crippen molar-refractivity contribution in [3.8, 4) is 0 Å². The van der Waals surface area contributed by atoms with Gasteiger partial charge in [-0.15, -0.1) is 0 Å². The molecule has 1 saturated heterocycles. The van der Waals surface area contributed by atoms with Gasteiger partial charge < -0.3 is 19.9 Å². The van der Waals surface area contributed by atoms with Gasteiger partial charge >= 0.3 is 0 Å². The first-order valence-electron chi connectivity index (χ1n) is 8.66. The average molecular weight is 322 g/mol. The Morgan fingerprint density at radius 3 is 2.96 bits per heavy atom. The minimum absolute atomic E-state index is 0.0297. The van der Waals surface area contributed by atoms with E-state index in [0.717, 1.165) is 25.2 Å². The molecule has 7 heteroatoms. The van der Waals surface area contributed by atoms with Gasteiger partial charge in [0.05, 0.1) is 13.2 Å². The molecule has 0 bridgehead atoms. The minimum atomic E-state index is -0.267. The number of rotatable bonds is 5. The number of amides is 1. The summed E-state index contributed by atoms with van der Waals surface area (Å²) in [6.07, 6.45) is 6.43. The molecule has 7 nitrogen and oxygen atoms in total. The number of hydrogen-bond acceptors (Lipinski definition) is 6. The van der Waals surface area contributed by atoms with Crippen LogP contribution in [0.25, 0.3) is 0 Å². The van der Waals surface area contributed by atoms with Crippen molar-refractivity contribution in [2.24, 2.45) is 0 Å². The van der Waals surface area contributed by atoms with Gasteiger partial charge in [-0.25, -0.2) is 0 Å². The smallest absolute Gasteiger partial charge is 0.248 e. The Labute approximate surface area is 136 Å². The molecular weight excluding hydrogens is 296 g/mol. The van der Waals surface area contributed by atoms with Gasteiger partial charge in [0, 0.05) is 24.9 Å². The number of carbonyl (C=O) groups excluding carboxylic acids is 1. The van der Waals surface area contributed by atoms with Gasteiger partial charge in [0.2, 0.25) is 11.8 Å². The molecule has 1 aliphatic carbocycles. The van der Waals surface area contributed by atoms with E-state index in [0.29, 0.717) is 31.4 Å². The molecule has 2 N–H and O–H groups in total. The highest BCUT2D eigenvalue weighted by atomic mass is 16.5. The lowest BCUT2D eigenvalue weighted by Crippen LogP contribution is -2.44. The maximum atomic E-state index is 12.1. The molecular formula is C16H26N4O3. The van der Waals surface area contributed by atoms with Gasteiger partial charge in [0.1, 0.15) is 6.04 Å². The quantitative estimate of drug-likeness (QED) is 0.857. The Bertz CT molecular complexity index is 507. The van der Waals surface area contributed by atoms with Gasteiger partial charge in [-0.1, -0.05) is 24.4 Å². The molecule has 2 aliphatic rings. The standard InChI is InChI=1S/C16H26N4O3/c1-11(18-14(21)9-13-10-22-8-7-17-13)16-19-15(20-23-16)12-5-3-2-4-6-12/h11-13,17H,2-10H2,1H3,(H,18,21). The topological polar surface area (TPSA) is 89.3 Å². The lowest BCUT2D eigenvalue weighted by Gasteiger charge is -2.23. The molecule has 1 aromatic rings. The molecule has 2 heterocycles. The summed E-state index contributed by atoms with van der Waals surface area (Å²) in [5, 5.41) is 10.3. The summed E-state index contributed by atoms with van der Waals surface area (Å²) in [7, 11) is 0. The molecule has 1 aliphatic heterocycles. The summed E-state index contributed by atoms with van der Waals surface area (Å²) in [5.41, 5.74) is 0. The van der Waals surface area contributed by atoms with Crippen molar-refractivity contribution in [2.45, 2.75) is 63.5 Å². The highest BCUT2D eigenvalue weighted by Gasteiger charge is 2.24. The molecule has 23 heavy (non-hydrogen) atoms. The Morgan fingerprint density at radius 2 is 2.22 bits per heavy atom. The van der Waals surface area contributed by atoms with E-state index in [1.807, 2.05) is 6.92 Å². The number of aromatic nitrogens is 2. The molecule has 2 fully saturated rings. The van der Waals surface area contributed by atoms with Crippen LogP contribution in [0.1, 0.15) is 69.1 Å². The van der Waals surface area contributed by atoms with E-state index in [1.165, 1.54) is 19.3 Å². The van der Waals surface area contributed by atoms with E-state index in [4.69, 9.17) is 9.26 Å². The maximum absolute atomic E-state index is 12.1. The van der Waals surface area contributed by atoms with Gasteiger partial charge in [-0.05, 0) is 19.8 Å². The van der Waals surface area contributed by atoms with E-state index in [9.17, 15) is 4.79 Å². The first-order valence-corrected chi connectivity index (χ1v) is 8.66. The maximum Gasteiger partial charge on any atom is 0.248 e.